The van der Waals surface area contributed by atoms with E-state index in [0.29, 0.717) is 18.1 Å². The van der Waals surface area contributed by atoms with Crippen LogP contribution in [0.4, 0.5) is 0 Å². The van der Waals surface area contributed by atoms with E-state index in [4.69, 9.17) is 4.74 Å². The Morgan fingerprint density at radius 2 is 2.00 bits per heavy atom. The number of ether oxygens (including phenoxy) is 1. The van der Waals surface area contributed by atoms with Crippen molar-refractivity contribution in [1.82, 2.24) is 0 Å². The molecule has 2 nitrogen and oxygen atoms in total. The lowest BCUT2D eigenvalue weighted by molar-refractivity contribution is -0.134. The molecule has 0 amide bonds. The summed E-state index contributed by atoms with van der Waals surface area (Å²) < 4.78 is 5.26. The molecule has 0 saturated carbocycles. The van der Waals surface area contributed by atoms with E-state index in [1.165, 1.54) is 0 Å². The van der Waals surface area contributed by atoms with Gasteiger partial charge in [-0.3, -0.25) is 4.79 Å². The topological polar surface area (TPSA) is 26.3 Å². The molecule has 0 radical (unpaired) electrons. The monoisotopic (exact) mass is 206 g/mol. The van der Waals surface area contributed by atoms with E-state index in [2.05, 4.69) is 13.8 Å². The summed E-state index contributed by atoms with van der Waals surface area (Å²) in [5.74, 6) is 1.09. The van der Waals surface area contributed by atoms with Crippen molar-refractivity contribution < 1.29 is 9.53 Å². The van der Waals surface area contributed by atoms with Crippen LogP contribution in [0.15, 0.2) is 24.3 Å². The van der Waals surface area contributed by atoms with Crippen LogP contribution in [-0.4, -0.2) is 5.97 Å². The highest BCUT2D eigenvalue weighted by Gasteiger charge is 2.08. The highest BCUT2D eigenvalue weighted by Crippen LogP contribution is 2.21. The van der Waals surface area contributed by atoms with E-state index in [1.54, 1.807) is 6.92 Å². The maximum Gasteiger partial charge on any atom is 0.310 e. The number of esters is 1. The van der Waals surface area contributed by atoms with Gasteiger partial charge in [0.05, 0.1) is 0 Å². The average molecular weight is 206 g/mol. The number of hydrogen-bond acceptors (Lipinski definition) is 2. The van der Waals surface area contributed by atoms with Crippen molar-refractivity contribution in [2.75, 3.05) is 0 Å². The molecular weight excluding hydrogens is 188 g/mol. The number of carbonyl (C=O) groups is 1. The Labute approximate surface area is 91.3 Å². The minimum atomic E-state index is -0.175. The van der Waals surface area contributed by atoms with Crippen molar-refractivity contribution in [1.29, 1.82) is 0 Å². The van der Waals surface area contributed by atoms with Gasteiger partial charge in [-0.2, -0.15) is 0 Å². The molecule has 2 heteroatoms. The molecule has 0 aliphatic heterocycles. The summed E-state index contributed by atoms with van der Waals surface area (Å²) in [6, 6.07) is 7.73. The smallest absolute Gasteiger partial charge is 0.310 e. The van der Waals surface area contributed by atoms with Crippen LogP contribution in [-0.2, 0) is 11.2 Å². The van der Waals surface area contributed by atoms with Gasteiger partial charge in [-0.1, -0.05) is 39.0 Å². The lowest BCUT2D eigenvalue weighted by atomic mass is 10.0. The summed E-state index contributed by atoms with van der Waals surface area (Å²) in [6.45, 7) is 6.10. The first-order valence-electron chi connectivity index (χ1n) is 5.42. The number of hydrogen-bond donors (Lipinski definition) is 0. The minimum Gasteiger partial charge on any atom is -0.426 e. The number of para-hydroxylation sites is 1. The van der Waals surface area contributed by atoms with Gasteiger partial charge in [0.1, 0.15) is 5.75 Å². The van der Waals surface area contributed by atoms with Crippen molar-refractivity contribution in [3.05, 3.63) is 29.8 Å². The van der Waals surface area contributed by atoms with Crippen LogP contribution in [0, 0.1) is 5.92 Å². The zero-order chi connectivity index (χ0) is 11.3. The van der Waals surface area contributed by atoms with Gasteiger partial charge >= 0.3 is 5.97 Å². The Hall–Kier alpha value is -1.31. The molecule has 0 aromatic heterocycles. The van der Waals surface area contributed by atoms with Crippen molar-refractivity contribution in [3.8, 4) is 5.75 Å². The van der Waals surface area contributed by atoms with Crippen LogP contribution < -0.4 is 4.74 Å². The van der Waals surface area contributed by atoms with Crippen LogP contribution in [0.5, 0.6) is 5.75 Å². The van der Waals surface area contributed by atoms with Crippen LogP contribution in [0.1, 0.15) is 32.8 Å². The number of benzene rings is 1. The van der Waals surface area contributed by atoms with Gasteiger partial charge in [-0.05, 0) is 24.0 Å². The van der Waals surface area contributed by atoms with Crippen molar-refractivity contribution in [2.24, 2.45) is 5.92 Å². The summed E-state index contributed by atoms with van der Waals surface area (Å²) in [7, 11) is 0. The molecular formula is C13H18O2. The minimum absolute atomic E-state index is 0.175. The molecule has 0 bridgehead atoms. The second kappa shape index (κ2) is 5.54. The van der Waals surface area contributed by atoms with E-state index in [0.717, 1.165) is 12.0 Å². The molecule has 0 saturated heterocycles. The molecule has 0 fully saturated rings. The van der Waals surface area contributed by atoms with Crippen LogP contribution in [0.25, 0.3) is 0 Å². The molecule has 0 aliphatic carbocycles. The van der Waals surface area contributed by atoms with Crippen molar-refractivity contribution in [2.45, 2.75) is 33.6 Å². The largest absolute Gasteiger partial charge is 0.426 e. The van der Waals surface area contributed by atoms with Gasteiger partial charge in [0.15, 0.2) is 0 Å². The average Bonchev–Trinajstić information content (AvgIpc) is 2.20. The molecule has 0 unspecified atom stereocenters. The predicted octanol–water partition coefficient (Wildman–Crippen LogP) is 3.20. The highest BCUT2D eigenvalue weighted by atomic mass is 16.5. The standard InChI is InChI=1S/C13H18O2/c1-4-13(14)15-12-8-6-5-7-11(12)9-10(2)3/h5-8,10H,4,9H2,1-3H3. The Balaban J connectivity index is 2.81. The van der Waals surface area contributed by atoms with Gasteiger partial charge in [0.25, 0.3) is 0 Å². The molecule has 1 aromatic carbocycles. The van der Waals surface area contributed by atoms with Crippen LogP contribution in [0.2, 0.25) is 0 Å². The normalized spacial score (nSPS) is 10.4. The third-order valence-electron chi connectivity index (χ3n) is 2.11. The first-order chi connectivity index (χ1) is 7.13. The summed E-state index contributed by atoms with van der Waals surface area (Å²) >= 11 is 0. The molecule has 1 aromatic rings. The molecule has 0 heterocycles. The van der Waals surface area contributed by atoms with Gasteiger partial charge in [0, 0.05) is 6.42 Å². The van der Waals surface area contributed by atoms with Gasteiger partial charge in [0.2, 0.25) is 0 Å². The van der Waals surface area contributed by atoms with E-state index in [1.807, 2.05) is 24.3 Å². The molecule has 0 atom stereocenters. The zero-order valence-electron chi connectivity index (χ0n) is 9.62. The second-order valence-electron chi connectivity index (χ2n) is 4.03. The third-order valence-corrected chi connectivity index (χ3v) is 2.11. The summed E-state index contributed by atoms with van der Waals surface area (Å²) in [6.07, 6.45) is 1.35. The van der Waals surface area contributed by atoms with Gasteiger partial charge in [-0.25, -0.2) is 0 Å². The lowest BCUT2D eigenvalue weighted by Crippen LogP contribution is -2.08. The van der Waals surface area contributed by atoms with E-state index >= 15 is 0 Å². The van der Waals surface area contributed by atoms with Crippen molar-refractivity contribution >= 4 is 5.97 Å². The summed E-state index contributed by atoms with van der Waals surface area (Å²) in [4.78, 5) is 11.2. The first-order valence-corrected chi connectivity index (χ1v) is 5.42. The highest BCUT2D eigenvalue weighted by molar-refractivity contribution is 5.72. The quantitative estimate of drug-likeness (QED) is 0.558. The van der Waals surface area contributed by atoms with E-state index in [9.17, 15) is 4.79 Å². The Bertz CT molecular complexity index is 329. The third kappa shape index (κ3) is 3.74. The predicted molar refractivity (Wildman–Crippen MR) is 60.9 cm³/mol. The molecule has 15 heavy (non-hydrogen) atoms. The Morgan fingerprint density at radius 3 is 2.60 bits per heavy atom. The lowest BCUT2D eigenvalue weighted by Gasteiger charge is -2.10. The summed E-state index contributed by atoms with van der Waals surface area (Å²) in [5.41, 5.74) is 1.11. The molecule has 0 aliphatic rings. The van der Waals surface area contributed by atoms with Crippen LogP contribution in [0.3, 0.4) is 0 Å². The fraction of sp³-hybridized carbons (Fsp3) is 0.462. The van der Waals surface area contributed by atoms with E-state index < -0.39 is 0 Å². The Kier molecular flexibility index (Phi) is 4.35. The zero-order valence-corrected chi connectivity index (χ0v) is 9.62. The maximum absolute atomic E-state index is 11.2. The van der Waals surface area contributed by atoms with Gasteiger partial charge in [-0.15, -0.1) is 0 Å². The maximum atomic E-state index is 11.2. The molecule has 1 rings (SSSR count). The Morgan fingerprint density at radius 1 is 1.33 bits per heavy atom. The first kappa shape index (κ1) is 11.8. The second-order valence-corrected chi connectivity index (χ2v) is 4.03. The number of rotatable bonds is 4. The summed E-state index contributed by atoms with van der Waals surface area (Å²) in [5, 5.41) is 0. The SMILES string of the molecule is CCC(=O)Oc1ccccc1CC(C)C. The molecule has 82 valence electrons. The molecule has 0 spiro atoms. The van der Waals surface area contributed by atoms with E-state index in [-0.39, 0.29) is 5.97 Å². The fourth-order valence-electron chi connectivity index (χ4n) is 1.41. The fourth-order valence-corrected chi connectivity index (χ4v) is 1.41. The number of carbonyl (C=O) groups excluding carboxylic acids is 1. The van der Waals surface area contributed by atoms with Gasteiger partial charge < -0.3 is 4.74 Å². The van der Waals surface area contributed by atoms with Crippen LogP contribution >= 0.6 is 0 Å². The molecule has 0 N–H and O–H groups in total. The van der Waals surface area contributed by atoms with Crippen molar-refractivity contribution in [3.63, 3.8) is 0 Å².